The monoisotopic (exact) mass is 307 g/mol. The maximum Gasteiger partial charge on any atom is 0.224 e. The van der Waals surface area contributed by atoms with Crippen molar-refractivity contribution in [2.75, 3.05) is 5.32 Å². The van der Waals surface area contributed by atoms with Crippen LogP contribution in [0.15, 0.2) is 57.7 Å². The van der Waals surface area contributed by atoms with Crippen LogP contribution in [-0.4, -0.2) is 5.91 Å². The fraction of sp³-hybridized carbons (Fsp3) is 0.158. The summed E-state index contributed by atoms with van der Waals surface area (Å²) in [6, 6.07) is 14.4. The third-order valence-electron chi connectivity index (χ3n) is 3.74. The minimum absolute atomic E-state index is 0.0923. The lowest BCUT2D eigenvalue weighted by atomic mass is 10.1. The molecule has 0 aliphatic heterocycles. The van der Waals surface area contributed by atoms with Gasteiger partial charge in [-0.05, 0) is 30.7 Å². The van der Waals surface area contributed by atoms with Crippen LogP contribution >= 0.6 is 0 Å². The van der Waals surface area contributed by atoms with Gasteiger partial charge in [0.05, 0.1) is 5.39 Å². The van der Waals surface area contributed by atoms with Crippen molar-refractivity contribution in [2.45, 2.75) is 20.3 Å². The molecule has 0 aliphatic carbocycles. The average molecular weight is 307 g/mol. The molecule has 2 aromatic carbocycles. The molecule has 23 heavy (non-hydrogen) atoms. The Bertz CT molecular complexity index is 941. The highest BCUT2D eigenvalue weighted by Crippen LogP contribution is 2.26. The second-order valence-corrected chi connectivity index (χ2v) is 5.40. The summed E-state index contributed by atoms with van der Waals surface area (Å²) in [5, 5.41) is 3.20. The van der Waals surface area contributed by atoms with Crippen molar-refractivity contribution < 1.29 is 9.21 Å². The molecule has 0 fully saturated rings. The fourth-order valence-electron chi connectivity index (χ4n) is 2.47. The van der Waals surface area contributed by atoms with Gasteiger partial charge in [0.25, 0.3) is 0 Å². The van der Waals surface area contributed by atoms with E-state index in [1.807, 2.05) is 31.2 Å². The number of rotatable bonds is 3. The van der Waals surface area contributed by atoms with Gasteiger partial charge in [0, 0.05) is 23.7 Å². The highest BCUT2D eigenvalue weighted by molar-refractivity contribution is 5.93. The Kier molecular flexibility index (Phi) is 3.98. The average Bonchev–Trinajstić information content (AvgIpc) is 2.55. The van der Waals surface area contributed by atoms with Gasteiger partial charge in [-0.1, -0.05) is 31.2 Å². The number of benzene rings is 2. The summed E-state index contributed by atoms with van der Waals surface area (Å²) in [6.45, 7) is 3.75. The van der Waals surface area contributed by atoms with E-state index >= 15 is 0 Å². The van der Waals surface area contributed by atoms with Gasteiger partial charge in [-0.3, -0.25) is 9.59 Å². The molecule has 1 amide bonds. The number of fused-ring (bicyclic) bond motifs is 1. The van der Waals surface area contributed by atoms with Crippen LogP contribution in [0.4, 0.5) is 5.69 Å². The molecule has 0 radical (unpaired) electrons. The minimum Gasteiger partial charge on any atom is -0.456 e. The third kappa shape index (κ3) is 3.01. The summed E-state index contributed by atoms with van der Waals surface area (Å²) >= 11 is 0. The van der Waals surface area contributed by atoms with Crippen LogP contribution in [0.1, 0.15) is 18.9 Å². The van der Waals surface area contributed by atoms with Gasteiger partial charge in [0.15, 0.2) is 5.43 Å². The molecule has 116 valence electrons. The molecule has 3 aromatic rings. The van der Waals surface area contributed by atoms with Crippen molar-refractivity contribution in [1.29, 1.82) is 0 Å². The van der Waals surface area contributed by atoms with Crippen LogP contribution in [0.3, 0.4) is 0 Å². The molecule has 1 N–H and O–H groups in total. The highest BCUT2D eigenvalue weighted by Gasteiger charge is 2.10. The van der Waals surface area contributed by atoms with Crippen molar-refractivity contribution in [3.05, 3.63) is 64.3 Å². The number of amides is 1. The Labute approximate surface area is 133 Å². The minimum atomic E-state index is -0.128. The molecule has 4 nitrogen and oxygen atoms in total. The van der Waals surface area contributed by atoms with Gasteiger partial charge in [0.2, 0.25) is 5.91 Å². The summed E-state index contributed by atoms with van der Waals surface area (Å²) in [4.78, 5) is 23.9. The Morgan fingerprint density at radius 1 is 1.13 bits per heavy atom. The smallest absolute Gasteiger partial charge is 0.224 e. The third-order valence-corrected chi connectivity index (χ3v) is 3.74. The molecule has 0 atom stereocenters. The summed E-state index contributed by atoms with van der Waals surface area (Å²) in [7, 11) is 0. The Balaban J connectivity index is 2.10. The van der Waals surface area contributed by atoms with E-state index in [2.05, 4.69) is 5.32 Å². The molecular weight excluding hydrogens is 290 g/mol. The van der Waals surface area contributed by atoms with E-state index in [1.165, 1.54) is 6.07 Å². The molecule has 0 spiro atoms. The molecule has 0 saturated carbocycles. The quantitative estimate of drug-likeness (QED) is 0.792. The zero-order chi connectivity index (χ0) is 16.4. The summed E-state index contributed by atoms with van der Waals surface area (Å²) in [6.07, 6.45) is 0.388. The molecule has 0 saturated heterocycles. The molecule has 1 heterocycles. The normalized spacial score (nSPS) is 10.7. The van der Waals surface area contributed by atoms with Crippen molar-refractivity contribution in [1.82, 2.24) is 0 Å². The summed E-state index contributed by atoms with van der Waals surface area (Å²) < 4.78 is 5.88. The Hall–Kier alpha value is -2.88. The number of carbonyl (C=O) groups is 1. The van der Waals surface area contributed by atoms with Crippen LogP contribution in [0.25, 0.3) is 22.3 Å². The Morgan fingerprint density at radius 2 is 1.91 bits per heavy atom. The number of hydrogen-bond acceptors (Lipinski definition) is 3. The first kappa shape index (κ1) is 15.0. The fourth-order valence-corrected chi connectivity index (χ4v) is 2.47. The number of aryl methyl sites for hydroxylation is 1. The molecule has 0 unspecified atom stereocenters. The molecule has 0 bridgehead atoms. The molecular formula is C19H17NO3. The van der Waals surface area contributed by atoms with E-state index in [-0.39, 0.29) is 11.3 Å². The van der Waals surface area contributed by atoms with E-state index in [0.717, 1.165) is 11.1 Å². The van der Waals surface area contributed by atoms with Crippen molar-refractivity contribution >= 4 is 22.6 Å². The van der Waals surface area contributed by atoms with Crippen LogP contribution in [0.2, 0.25) is 0 Å². The van der Waals surface area contributed by atoms with E-state index < -0.39 is 0 Å². The SMILES string of the molecule is CCC(=O)Nc1ccc2oc(-c3ccccc3C)cc(=O)c2c1. The predicted molar refractivity (Wildman–Crippen MR) is 91.6 cm³/mol. The first-order valence-electron chi connectivity index (χ1n) is 7.52. The number of carbonyl (C=O) groups excluding carboxylic acids is 1. The highest BCUT2D eigenvalue weighted by atomic mass is 16.3. The standard InChI is InChI=1S/C19H17NO3/c1-3-19(22)20-13-8-9-17-15(10-13)16(21)11-18(23-17)14-7-5-4-6-12(14)2/h4-11H,3H2,1-2H3,(H,20,22). The lowest BCUT2D eigenvalue weighted by molar-refractivity contribution is -0.115. The zero-order valence-electron chi connectivity index (χ0n) is 13.1. The second-order valence-electron chi connectivity index (χ2n) is 5.40. The van der Waals surface area contributed by atoms with Crippen molar-refractivity contribution in [3.63, 3.8) is 0 Å². The molecule has 1 aromatic heterocycles. The Morgan fingerprint density at radius 3 is 2.65 bits per heavy atom. The van der Waals surface area contributed by atoms with Gasteiger partial charge in [-0.25, -0.2) is 0 Å². The van der Waals surface area contributed by atoms with Gasteiger partial charge < -0.3 is 9.73 Å². The zero-order valence-corrected chi connectivity index (χ0v) is 13.1. The van der Waals surface area contributed by atoms with E-state index in [1.54, 1.807) is 25.1 Å². The second kappa shape index (κ2) is 6.08. The molecule has 0 aliphatic rings. The number of hydrogen-bond donors (Lipinski definition) is 1. The van der Waals surface area contributed by atoms with Crippen LogP contribution < -0.4 is 10.7 Å². The maximum atomic E-state index is 12.4. The summed E-state index contributed by atoms with van der Waals surface area (Å²) in [5.74, 6) is 0.455. The van der Waals surface area contributed by atoms with E-state index in [4.69, 9.17) is 4.42 Å². The molecule has 3 rings (SSSR count). The van der Waals surface area contributed by atoms with Crippen LogP contribution in [-0.2, 0) is 4.79 Å². The first-order valence-corrected chi connectivity index (χ1v) is 7.52. The number of anilines is 1. The van der Waals surface area contributed by atoms with E-state index in [0.29, 0.717) is 28.8 Å². The lowest BCUT2D eigenvalue weighted by Crippen LogP contribution is -2.10. The van der Waals surface area contributed by atoms with Gasteiger partial charge >= 0.3 is 0 Å². The van der Waals surface area contributed by atoms with Crippen LogP contribution in [0.5, 0.6) is 0 Å². The largest absolute Gasteiger partial charge is 0.456 e. The van der Waals surface area contributed by atoms with Crippen LogP contribution in [0, 0.1) is 6.92 Å². The first-order chi connectivity index (χ1) is 11.1. The van der Waals surface area contributed by atoms with Gasteiger partial charge in [-0.2, -0.15) is 0 Å². The van der Waals surface area contributed by atoms with Gasteiger partial charge in [0.1, 0.15) is 11.3 Å². The van der Waals surface area contributed by atoms with Crippen molar-refractivity contribution in [2.24, 2.45) is 0 Å². The van der Waals surface area contributed by atoms with E-state index in [9.17, 15) is 9.59 Å². The molecule has 4 heteroatoms. The van der Waals surface area contributed by atoms with Crippen molar-refractivity contribution in [3.8, 4) is 11.3 Å². The summed E-state index contributed by atoms with van der Waals surface area (Å²) in [5.41, 5.74) is 2.92. The van der Waals surface area contributed by atoms with Gasteiger partial charge in [-0.15, -0.1) is 0 Å². The predicted octanol–water partition coefficient (Wildman–Crippen LogP) is 4.12. The topological polar surface area (TPSA) is 59.3 Å². The lowest BCUT2D eigenvalue weighted by Gasteiger charge is -2.08. The number of nitrogens with one attached hydrogen (secondary N) is 1. The maximum absolute atomic E-state index is 12.4.